The number of aromatic nitrogens is 3. The number of nitriles is 1. The highest BCUT2D eigenvalue weighted by molar-refractivity contribution is 7.88. The van der Waals surface area contributed by atoms with Gasteiger partial charge in [0, 0.05) is 23.2 Å². The number of nitrogens with one attached hydrogen (secondary N) is 1. The first-order valence-electron chi connectivity index (χ1n) is 11.0. The molecule has 13 heteroatoms. The van der Waals surface area contributed by atoms with Gasteiger partial charge in [0.15, 0.2) is 0 Å². The molecule has 0 fully saturated rings. The molecule has 192 valence electrons. The molecule has 0 bridgehead atoms. The van der Waals surface area contributed by atoms with Gasteiger partial charge in [-0.1, -0.05) is 26.0 Å². The van der Waals surface area contributed by atoms with E-state index in [1.54, 1.807) is 12.1 Å². The molecule has 0 saturated carbocycles. The zero-order valence-corrected chi connectivity index (χ0v) is 21.3. The minimum Gasteiger partial charge on any atom is -0.368 e. The molecule has 0 saturated heterocycles. The summed E-state index contributed by atoms with van der Waals surface area (Å²) in [5.74, 6) is 4.69. The number of nitrogens with two attached hydrogens (primary N) is 2. The lowest BCUT2D eigenvalue weighted by Gasteiger charge is -2.24. The Kier molecular flexibility index (Phi) is 8.26. The fraction of sp³-hybridized carbons (Fsp3) is 0.250. The van der Waals surface area contributed by atoms with Crippen molar-refractivity contribution in [2.45, 2.75) is 25.8 Å². The van der Waals surface area contributed by atoms with E-state index >= 15 is 0 Å². The summed E-state index contributed by atoms with van der Waals surface area (Å²) in [6.45, 7) is 4.12. The lowest BCUT2D eigenvalue weighted by Crippen LogP contribution is -2.36. The van der Waals surface area contributed by atoms with Gasteiger partial charge in [0.2, 0.25) is 16.0 Å². The standard InChI is InChI=1S/C24H26FN9O2S/c1-24(2,14-30-37(3,35)36)21-9-5-7-16(31-21)12-29-13-20(34-28)19-10-18(32-23(27)33-19)17-8-4-6-15(11-26)22(17)25/h4-10,13,30H,12,14,28H2,1-3H3,(H2,27,32,33). The lowest BCUT2D eigenvalue weighted by molar-refractivity contribution is 0.489. The van der Waals surface area contributed by atoms with Crippen molar-refractivity contribution in [3.63, 3.8) is 0 Å². The molecule has 5 N–H and O–H groups in total. The molecule has 1 aromatic carbocycles. The number of hydrogen-bond acceptors (Lipinski definition) is 10. The van der Waals surface area contributed by atoms with Crippen molar-refractivity contribution < 1.29 is 12.8 Å². The number of anilines is 1. The first kappa shape index (κ1) is 27.3. The monoisotopic (exact) mass is 523 g/mol. The van der Waals surface area contributed by atoms with Gasteiger partial charge in [0.05, 0.1) is 41.7 Å². The lowest BCUT2D eigenvalue weighted by atomic mass is 9.89. The van der Waals surface area contributed by atoms with Crippen LogP contribution in [-0.4, -0.2) is 48.1 Å². The average Bonchev–Trinajstić information content (AvgIpc) is 2.85. The van der Waals surface area contributed by atoms with Crippen LogP contribution in [0.25, 0.3) is 11.3 Å². The molecule has 2 heterocycles. The van der Waals surface area contributed by atoms with Gasteiger partial charge in [0.25, 0.3) is 0 Å². The van der Waals surface area contributed by atoms with E-state index in [9.17, 15) is 12.8 Å². The minimum atomic E-state index is -3.34. The first-order valence-corrected chi connectivity index (χ1v) is 12.9. The Morgan fingerprint density at radius 3 is 2.62 bits per heavy atom. The van der Waals surface area contributed by atoms with Gasteiger partial charge < -0.3 is 11.6 Å². The Labute approximate surface area is 214 Å². The van der Waals surface area contributed by atoms with Crippen LogP contribution in [0, 0.1) is 17.1 Å². The Bertz CT molecular complexity index is 1510. The maximum atomic E-state index is 14.7. The summed E-state index contributed by atoms with van der Waals surface area (Å²) in [5, 5.41) is 12.8. The number of nitrogens with zero attached hydrogens (tertiary/aromatic N) is 6. The number of benzene rings is 1. The number of aliphatic imine (C=N–C) groups is 1. The Morgan fingerprint density at radius 1 is 1.22 bits per heavy atom. The molecule has 0 unspecified atom stereocenters. The Hall–Kier alpha value is -4.28. The van der Waals surface area contributed by atoms with Crippen molar-refractivity contribution >= 4 is 27.9 Å². The van der Waals surface area contributed by atoms with Gasteiger partial charge in [-0.3, -0.25) is 9.98 Å². The normalized spacial score (nSPS) is 12.6. The average molecular weight is 524 g/mol. The molecule has 3 aromatic rings. The molecule has 0 aliphatic rings. The summed E-state index contributed by atoms with van der Waals surface area (Å²) in [7, 11) is -3.34. The zero-order chi connectivity index (χ0) is 27.2. The second-order valence-electron chi connectivity index (χ2n) is 8.75. The predicted octanol–water partition coefficient (Wildman–Crippen LogP) is 1.89. The van der Waals surface area contributed by atoms with Crippen molar-refractivity contribution in [3.8, 4) is 17.3 Å². The predicted molar refractivity (Wildman–Crippen MR) is 140 cm³/mol. The molecule has 11 nitrogen and oxygen atoms in total. The Morgan fingerprint density at radius 2 is 1.95 bits per heavy atom. The quantitative estimate of drug-likeness (QED) is 0.215. The molecule has 0 amide bonds. The number of hydrazone groups is 1. The fourth-order valence-corrected chi connectivity index (χ4v) is 3.91. The summed E-state index contributed by atoms with van der Waals surface area (Å²) in [5.41, 5.74) is 7.10. The summed E-state index contributed by atoms with van der Waals surface area (Å²) in [6, 6.07) is 13.0. The molecule has 0 radical (unpaired) electrons. The highest BCUT2D eigenvalue weighted by Gasteiger charge is 2.24. The highest BCUT2D eigenvalue weighted by atomic mass is 32.2. The topological polar surface area (TPSA) is 185 Å². The smallest absolute Gasteiger partial charge is 0.221 e. The number of sulfonamides is 1. The van der Waals surface area contributed by atoms with Crippen LogP contribution in [0.2, 0.25) is 0 Å². The number of halogens is 1. The van der Waals surface area contributed by atoms with Crippen LogP contribution in [0.4, 0.5) is 10.3 Å². The van der Waals surface area contributed by atoms with E-state index in [4.69, 9.17) is 16.8 Å². The van der Waals surface area contributed by atoms with E-state index in [1.807, 2.05) is 26.0 Å². The zero-order valence-electron chi connectivity index (χ0n) is 20.5. The summed E-state index contributed by atoms with van der Waals surface area (Å²) < 4.78 is 40.1. The van der Waals surface area contributed by atoms with Crippen molar-refractivity contribution in [1.29, 1.82) is 5.26 Å². The molecule has 0 atom stereocenters. The van der Waals surface area contributed by atoms with Crippen LogP contribution in [0.1, 0.15) is 36.5 Å². The second kappa shape index (κ2) is 11.2. The van der Waals surface area contributed by atoms with Crippen molar-refractivity contribution in [2.75, 3.05) is 18.5 Å². The van der Waals surface area contributed by atoms with Gasteiger partial charge in [0.1, 0.15) is 17.6 Å². The number of pyridine rings is 1. The molecule has 3 rings (SSSR count). The summed E-state index contributed by atoms with van der Waals surface area (Å²) in [6.07, 6.45) is 2.49. The maximum Gasteiger partial charge on any atom is 0.221 e. The van der Waals surface area contributed by atoms with E-state index in [0.29, 0.717) is 11.4 Å². The van der Waals surface area contributed by atoms with Gasteiger partial charge in [-0.15, -0.1) is 0 Å². The largest absolute Gasteiger partial charge is 0.368 e. The van der Waals surface area contributed by atoms with E-state index in [-0.39, 0.29) is 47.3 Å². The van der Waals surface area contributed by atoms with E-state index < -0.39 is 21.3 Å². The van der Waals surface area contributed by atoms with Crippen molar-refractivity contribution in [3.05, 3.63) is 70.9 Å². The first-order chi connectivity index (χ1) is 17.4. The second-order valence-corrected chi connectivity index (χ2v) is 10.6. The van der Waals surface area contributed by atoms with Crippen LogP contribution < -0.4 is 16.3 Å². The molecular weight excluding hydrogens is 497 g/mol. The fourth-order valence-electron chi connectivity index (χ4n) is 3.29. The van der Waals surface area contributed by atoms with Crippen LogP contribution in [0.3, 0.4) is 0 Å². The van der Waals surface area contributed by atoms with Crippen molar-refractivity contribution in [1.82, 2.24) is 19.7 Å². The molecule has 2 aromatic heterocycles. The van der Waals surface area contributed by atoms with Crippen LogP contribution in [-0.2, 0) is 22.0 Å². The third-order valence-electron chi connectivity index (χ3n) is 5.28. The molecule has 0 aliphatic carbocycles. The van der Waals surface area contributed by atoms with E-state index in [2.05, 4.69) is 29.8 Å². The number of hydrogen-bond donors (Lipinski definition) is 3. The Balaban J connectivity index is 1.82. The third-order valence-corrected chi connectivity index (χ3v) is 5.95. The van der Waals surface area contributed by atoms with E-state index in [1.165, 1.54) is 30.5 Å². The van der Waals surface area contributed by atoms with Crippen LogP contribution >= 0.6 is 0 Å². The van der Waals surface area contributed by atoms with Crippen LogP contribution in [0.15, 0.2) is 52.6 Å². The molecule has 0 aliphatic heterocycles. The highest BCUT2D eigenvalue weighted by Crippen LogP contribution is 2.24. The van der Waals surface area contributed by atoms with Gasteiger partial charge in [-0.25, -0.2) is 27.5 Å². The molecule has 0 spiro atoms. The van der Waals surface area contributed by atoms with Crippen LogP contribution in [0.5, 0.6) is 0 Å². The number of nitrogen functional groups attached to an aromatic ring is 1. The summed E-state index contributed by atoms with van der Waals surface area (Å²) >= 11 is 0. The third kappa shape index (κ3) is 7.12. The SMILES string of the molecule is CC(C)(CNS(C)(=O)=O)c1cccc(CN=CC(=NN)c2cc(-c3cccc(C#N)c3F)nc(N)n2)n1. The summed E-state index contributed by atoms with van der Waals surface area (Å²) in [4.78, 5) is 17.1. The minimum absolute atomic E-state index is 0.0803. The van der Waals surface area contributed by atoms with Gasteiger partial charge in [-0.05, 0) is 30.3 Å². The maximum absolute atomic E-state index is 14.7. The van der Waals surface area contributed by atoms with Gasteiger partial charge >= 0.3 is 0 Å². The molecular formula is C24H26FN9O2S. The number of rotatable bonds is 9. The van der Waals surface area contributed by atoms with Gasteiger partial charge in [-0.2, -0.15) is 10.4 Å². The van der Waals surface area contributed by atoms with Crippen molar-refractivity contribution in [2.24, 2.45) is 15.9 Å². The molecule has 37 heavy (non-hydrogen) atoms. The van der Waals surface area contributed by atoms with E-state index in [0.717, 1.165) is 6.26 Å².